The summed E-state index contributed by atoms with van der Waals surface area (Å²) in [5.74, 6) is -0.794. The van der Waals surface area contributed by atoms with Gasteiger partial charge in [0, 0.05) is 30.6 Å². The molecule has 0 radical (unpaired) electrons. The van der Waals surface area contributed by atoms with Crippen LogP contribution in [0.3, 0.4) is 0 Å². The van der Waals surface area contributed by atoms with Crippen LogP contribution in [0, 0.1) is 0 Å². The fraction of sp³-hybridized carbons (Fsp3) is 0.526. The molecule has 0 aliphatic carbocycles. The summed E-state index contributed by atoms with van der Waals surface area (Å²) in [6, 6.07) is 5.27. The van der Waals surface area contributed by atoms with Crippen LogP contribution in [0.15, 0.2) is 18.2 Å². The Morgan fingerprint density at radius 2 is 2.08 bits per heavy atom. The molecule has 140 valence electrons. The largest absolute Gasteiger partial charge is 0.326 e. The molecule has 3 amide bonds. The summed E-state index contributed by atoms with van der Waals surface area (Å²) >= 11 is 0. The molecule has 0 aromatic heterocycles. The number of piperidine rings is 1. The highest BCUT2D eigenvalue weighted by molar-refractivity contribution is 6.05. The molecule has 1 unspecified atom stereocenters. The minimum absolute atomic E-state index is 0.139. The van der Waals surface area contributed by atoms with Crippen LogP contribution in [0.5, 0.6) is 0 Å². The molecule has 2 heterocycles. The fourth-order valence-electron chi connectivity index (χ4n) is 3.36. The molecule has 0 bridgehead atoms. The summed E-state index contributed by atoms with van der Waals surface area (Å²) in [5.41, 5.74) is 8.36. The van der Waals surface area contributed by atoms with Crippen LogP contribution in [-0.2, 0) is 22.7 Å². The van der Waals surface area contributed by atoms with E-state index in [2.05, 4.69) is 10.6 Å². The lowest BCUT2D eigenvalue weighted by atomic mass is 10.0. The number of benzene rings is 1. The first-order valence-electron chi connectivity index (χ1n) is 9.01. The molecule has 0 saturated carbocycles. The van der Waals surface area contributed by atoms with E-state index >= 15 is 0 Å². The second-order valence-corrected chi connectivity index (χ2v) is 7.81. The number of rotatable bonds is 6. The highest BCUT2D eigenvalue weighted by Crippen LogP contribution is 2.28. The van der Waals surface area contributed by atoms with Crippen molar-refractivity contribution < 1.29 is 14.4 Å². The van der Waals surface area contributed by atoms with E-state index in [9.17, 15) is 14.4 Å². The summed E-state index contributed by atoms with van der Waals surface area (Å²) in [6.45, 7) is 5.86. The quantitative estimate of drug-likeness (QED) is 0.512. The molecular weight excluding hydrogens is 332 g/mol. The minimum atomic E-state index is -0.569. The topological polar surface area (TPSA) is 105 Å². The van der Waals surface area contributed by atoms with Crippen molar-refractivity contribution in [2.24, 2.45) is 5.73 Å². The smallest absolute Gasteiger partial charge is 0.255 e. The van der Waals surface area contributed by atoms with E-state index in [1.165, 1.54) is 0 Å². The maximum Gasteiger partial charge on any atom is 0.255 e. The summed E-state index contributed by atoms with van der Waals surface area (Å²) < 4.78 is 0. The van der Waals surface area contributed by atoms with Crippen molar-refractivity contribution in [1.29, 1.82) is 0 Å². The molecule has 7 nitrogen and oxygen atoms in total. The van der Waals surface area contributed by atoms with Gasteiger partial charge in [-0.25, -0.2) is 0 Å². The highest BCUT2D eigenvalue weighted by Gasteiger charge is 2.39. The van der Waals surface area contributed by atoms with Gasteiger partial charge < -0.3 is 16.0 Å². The predicted molar refractivity (Wildman–Crippen MR) is 97.1 cm³/mol. The maximum absolute atomic E-state index is 12.8. The summed E-state index contributed by atoms with van der Waals surface area (Å²) in [4.78, 5) is 37.7. The van der Waals surface area contributed by atoms with E-state index in [0.29, 0.717) is 25.1 Å². The zero-order chi connectivity index (χ0) is 18.9. The van der Waals surface area contributed by atoms with Gasteiger partial charge in [-0.3, -0.25) is 19.7 Å². The van der Waals surface area contributed by atoms with E-state index in [1.54, 1.807) is 4.90 Å². The van der Waals surface area contributed by atoms with Crippen LogP contribution >= 0.6 is 0 Å². The van der Waals surface area contributed by atoms with E-state index in [-0.39, 0.29) is 29.7 Å². The number of amides is 3. The number of carbonyl (C=O) groups excluding carboxylic acids is 3. The van der Waals surface area contributed by atoms with Crippen molar-refractivity contribution in [3.63, 3.8) is 0 Å². The van der Waals surface area contributed by atoms with Gasteiger partial charge in [-0.2, -0.15) is 0 Å². The molecule has 4 N–H and O–H groups in total. The average molecular weight is 358 g/mol. The second kappa shape index (κ2) is 7.17. The van der Waals surface area contributed by atoms with Gasteiger partial charge in [-0.15, -0.1) is 0 Å². The Hall–Kier alpha value is -2.25. The molecule has 1 saturated heterocycles. The first-order chi connectivity index (χ1) is 12.2. The SMILES string of the molecule is CC(C)(N)CCNCc1ccc2c(c1)C(=O)N(C1CCC(=O)NC1=O)C2. The van der Waals surface area contributed by atoms with Gasteiger partial charge in [0.2, 0.25) is 11.8 Å². The summed E-state index contributed by atoms with van der Waals surface area (Å²) in [5, 5.41) is 5.66. The number of imide groups is 1. The first-order valence-corrected chi connectivity index (χ1v) is 9.01. The third-order valence-corrected chi connectivity index (χ3v) is 4.87. The first kappa shape index (κ1) is 18.5. The molecule has 0 spiro atoms. The van der Waals surface area contributed by atoms with Crippen molar-refractivity contribution in [1.82, 2.24) is 15.5 Å². The second-order valence-electron chi connectivity index (χ2n) is 7.81. The van der Waals surface area contributed by atoms with E-state index in [4.69, 9.17) is 5.73 Å². The van der Waals surface area contributed by atoms with E-state index < -0.39 is 6.04 Å². The lowest BCUT2D eigenvalue weighted by Gasteiger charge is -2.29. The van der Waals surface area contributed by atoms with E-state index in [1.807, 2.05) is 32.0 Å². The molecule has 1 aromatic carbocycles. The Morgan fingerprint density at radius 1 is 1.31 bits per heavy atom. The Bertz CT molecular complexity index is 739. The monoisotopic (exact) mass is 358 g/mol. The summed E-state index contributed by atoms with van der Waals surface area (Å²) in [6.07, 6.45) is 1.51. The molecule has 1 aromatic rings. The molecule has 1 fully saturated rings. The molecule has 2 aliphatic heterocycles. The third kappa shape index (κ3) is 4.11. The fourth-order valence-corrected chi connectivity index (χ4v) is 3.36. The Morgan fingerprint density at radius 3 is 2.77 bits per heavy atom. The normalized spacial score (nSPS) is 20.3. The van der Waals surface area contributed by atoms with Gasteiger partial charge in [0.05, 0.1) is 0 Å². The number of nitrogens with two attached hydrogens (primary N) is 1. The van der Waals surface area contributed by atoms with Gasteiger partial charge in [-0.05, 0) is 50.4 Å². The Balaban J connectivity index is 1.63. The molecular formula is C19H26N4O3. The predicted octanol–water partition coefficient (Wildman–Crippen LogP) is 0.665. The van der Waals surface area contributed by atoms with Crippen LogP contribution in [0.1, 0.15) is 54.6 Å². The molecule has 3 rings (SSSR count). The van der Waals surface area contributed by atoms with Crippen molar-refractivity contribution in [3.8, 4) is 0 Å². The number of nitrogens with zero attached hydrogens (tertiary/aromatic N) is 1. The molecule has 1 atom stereocenters. The molecule has 7 heteroatoms. The van der Waals surface area contributed by atoms with Gasteiger partial charge in [0.25, 0.3) is 5.91 Å². The number of nitrogens with one attached hydrogen (secondary N) is 2. The van der Waals surface area contributed by atoms with Gasteiger partial charge >= 0.3 is 0 Å². The Labute approximate surface area is 153 Å². The zero-order valence-electron chi connectivity index (χ0n) is 15.3. The van der Waals surface area contributed by atoms with Crippen LogP contribution < -0.4 is 16.4 Å². The standard InChI is InChI=1S/C19H26N4O3/c1-19(2,20)7-8-21-10-12-3-4-13-11-23(18(26)14(13)9-12)15-5-6-16(24)22-17(15)25/h3-4,9,15,21H,5-8,10-11,20H2,1-2H3,(H,22,24,25). The van der Waals surface area contributed by atoms with Gasteiger partial charge in [0.15, 0.2) is 0 Å². The maximum atomic E-state index is 12.8. The van der Waals surface area contributed by atoms with Crippen LogP contribution in [0.25, 0.3) is 0 Å². The number of fused-ring (bicyclic) bond motifs is 1. The lowest BCUT2D eigenvalue weighted by Crippen LogP contribution is -2.52. The van der Waals surface area contributed by atoms with Crippen LogP contribution in [0.2, 0.25) is 0 Å². The van der Waals surface area contributed by atoms with Crippen LogP contribution in [-0.4, -0.2) is 40.7 Å². The van der Waals surface area contributed by atoms with Crippen molar-refractivity contribution in [2.45, 2.75) is 57.8 Å². The third-order valence-electron chi connectivity index (χ3n) is 4.87. The highest BCUT2D eigenvalue weighted by atomic mass is 16.2. The van der Waals surface area contributed by atoms with E-state index in [0.717, 1.165) is 24.1 Å². The van der Waals surface area contributed by atoms with Gasteiger partial charge in [-0.1, -0.05) is 12.1 Å². The zero-order valence-corrected chi connectivity index (χ0v) is 15.3. The lowest BCUT2D eigenvalue weighted by molar-refractivity contribution is -0.136. The van der Waals surface area contributed by atoms with Crippen molar-refractivity contribution >= 4 is 17.7 Å². The number of carbonyl (C=O) groups is 3. The minimum Gasteiger partial charge on any atom is -0.326 e. The van der Waals surface area contributed by atoms with Gasteiger partial charge in [0.1, 0.15) is 6.04 Å². The Kier molecular flexibility index (Phi) is 5.11. The molecule has 26 heavy (non-hydrogen) atoms. The summed E-state index contributed by atoms with van der Waals surface area (Å²) in [7, 11) is 0. The average Bonchev–Trinajstić information content (AvgIpc) is 2.87. The van der Waals surface area contributed by atoms with Crippen LogP contribution in [0.4, 0.5) is 0 Å². The number of hydrogen-bond acceptors (Lipinski definition) is 5. The number of hydrogen-bond donors (Lipinski definition) is 3. The van der Waals surface area contributed by atoms with Crippen molar-refractivity contribution in [3.05, 3.63) is 34.9 Å². The van der Waals surface area contributed by atoms with Crippen molar-refractivity contribution in [2.75, 3.05) is 6.54 Å². The molecule has 2 aliphatic rings.